The molecule has 0 saturated carbocycles. The first-order chi connectivity index (χ1) is 13.6. The number of carbonyl (C=O) groups excluding carboxylic acids is 2. The van der Waals surface area contributed by atoms with Crippen LogP contribution in [0, 0.1) is 6.92 Å². The Morgan fingerprint density at radius 3 is 2.31 bits per heavy atom. The van der Waals surface area contributed by atoms with E-state index in [1.165, 1.54) is 13.0 Å². The maximum Gasteiger partial charge on any atom is 0.417 e. The number of hydrogen-bond donors (Lipinski definition) is 1. The molecule has 1 aromatic carbocycles. The monoisotopic (exact) mass is 406 g/mol. The van der Waals surface area contributed by atoms with Crippen molar-refractivity contribution in [3.8, 4) is 0 Å². The number of piperazine rings is 1. The third kappa shape index (κ3) is 4.85. The molecule has 0 atom stereocenters. The molecule has 2 amide bonds. The van der Waals surface area contributed by atoms with Gasteiger partial charge in [-0.05, 0) is 36.8 Å². The van der Waals surface area contributed by atoms with Crippen molar-refractivity contribution in [3.63, 3.8) is 0 Å². The van der Waals surface area contributed by atoms with E-state index in [1.807, 2.05) is 11.8 Å². The number of anilines is 2. The Labute approximate surface area is 166 Å². The average molecular weight is 406 g/mol. The highest BCUT2D eigenvalue weighted by Crippen LogP contribution is 2.29. The molecular weight excluding hydrogens is 385 g/mol. The molecule has 2 aromatic rings. The summed E-state index contributed by atoms with van der Waals surface area (Å²) in [7, 11) is 0. The van der Waals surface area contributed by atoms with Crippen molar-refractivity contribution in [2.45, 2.75) is 20.0 Å². The molecule has 29 heavy (non-hydrogen) atoms. The number of nitrogens with zero attached hydrogens (tertiary/aromatic N) is 3. The molecule has 9 heteroatoms. The summed E-state index contributed by atoms with van der Waals surface area (Å²) in [6.07, 6.45) is -3.59. The second-order valence-electron chi connectivity index (χ2n) is 6.89. The van der Waals surface area contributed by atoms with E-state index in [0.717, 1.165) is 17.8 Å². The minimum Gasteiger partial charge on any atom is -0.353 e. The van der Waals surface area contributed by atoms with Crippen molar-refractivity contribution >= 4 is 23.3 Å². The van der Waals surface area contributed by atoms with Crippen LogP contribution in [0.5, 0.6) is 0 Å². The Balaban J connectivity index is 1.64. The quantitative estimate of drug-likeness (QED) is 0.849. The molecular formula is C20H21F3N4O2. The predicted octanol–water partition coefficient (Wildman–Crippen LogP) is 3.33. The van der Waals surface area contributed by atoms with Crippen molar-refractivity contribution < 1.29 is 22.8 Å². The van der Waals surface area contributed by atoms with Gasteiger partial charge in [0.15, 0.2) is 0 Å². The first kappa shape index (κ1) is 20.6. The van der Waals surface area contributed by atoms with Crippen LogP contribution in [0.4, 0.5) is 24.7 Å². The van der Waals surface area contributed by atoms with Gasteiger partial charge in [-0.2, -0.15) is 13.2 Å². The normalized spacial score (nSPS) is 14.7. The van der Waals surface area contributed by atoms with Crippen LogP contribution in [-0.4, -0.2) is 47.9 Å². The van der Waals surface area contributed by atoms with Gasteiger partial charge in [0.2, 0.25) is 5.91 Å². The molecule has 1 saturated heterocycles. The van der Waals surface area contributed by atoms with Crippen molar-refractivity contribution in [3.05, 3.63) is 53.2 Å². The van der Waals surface area contributed by atoms with E-state index in [2.05, 4.69) is 10.3 Å². The Bertz CT molecular complexity index is 905. The summed E-state index contributed by atoms with van der Waals surface area (Å²) in [5, 5.41) is 2.71. The molecule has 154 valence electrons. The van der Waals surface area contributed by atoms with Gasteiger partial charge in [0.05, 0.1) is 5.56 Å². The number of alkyl halides is 3. The summed E-state index contributed by atoms with van der Waals surface area (Å²) in [4.78, 5) is 31.6. The summed E-state index contributed by atoms with van der Waals surface area (Å²) >= 11 is 0. The van der Waals surface area contributed by atoms with E-state index in [-0.39, 0.29) is 11.8 Å². The zero-order valence-corrected chi connectivity index (χ0v) is 16.1. The smallest absolute Gasteiger partial charge is 0.353 e. The second-order valence-corrected chi connectivity index (χ2v) is 6.89. The summed E-state index contributed by atoms with van der Waals surface area (Å²) in [6.45, 7) is 5.02. The van der Waals surface area contributed by atoms with Gasteiger partial charge in [-0.15, -0.1) is 0 Å². The maximum absolute atomic E-state index is 12.8. The van der Waals surface area contributed by atoms with Crippen LogP contribution in [-0.2, 0) is 11.0 Å². The lowest BCUT2D eigenvalue weighted by Crippen LogP contribution is -2.49. The molecule has 3 rings (SSSR count). The highest BCUT2D eigenvalue weighted by Gasteiger charge is 2.31. The van der Waals surface area contributed by atoms with Crippen molar-refractivity contribution in [1.82, 2.24) is 9.88 Å². The Hall–Kier alpha value is -3.10. The van der Waals surface area contributed by atoms with E-state index in [1.54, 1.807) is 23.1 Å². The molecule has 1 aliphatic heterocycles. The second kappa shape index (κ2) is 8.10. The number of aryl methyl sites for hydroxylation is 1. The number of amides is 2. The van der Waals surface area contributed by atoms with Crippen LogP contribution in [0.2, 0.25) is 0 Å². The zero-order valence-electron chi connectivity index (χ0n) is 16.1. The van der Waals surface area contributed by atoms with E-state index < -0.39 is 11.7 Å². The number of nitrogens with one attached hydrogen (secondary N) is 1. The van der Waals surface area contributed by atoms with Crippen molar-refractivity contribution in [2.75, 3.05) is 36.4 Å². The Morgan fingerprint density at radius 2 is 1.76 bits per heavy atom. The van der Waals surface area contributed by atoms with Crippen LogP contribution >= 0.6 is 0 Å². The van der Waals surface area contributed by atoms with E-state index in [9.17, 15) is 22.8 Å². The number of rotatable bonds is 3. The fourth-order valence-electron chi connectivity index (χ4n) is 3.14. The van der Waals surface area contributed by atoms with Crippen LogP contribution in [0.15, 0.2) is 36.5 Å². The molecule has 2 heterocycles. The molecule has 0 bridgehead atoms. The van der Waals surface area contributed by atoms with E-state index in [0.29, 0.717) is 43.2 Å². The van der Waals surface area contributed by atoms with Gasteiger partial charge in [0.25, 0.3) is 5.91 Å². The number of pyridine rings is 1. The lowest BCUT2D eigenvalue weighted by molar-refractivity contribution is -0.137. The number of hydrogen-bond acceptors (Lipinski definition) is 4. The first-order valence-corrected chi connectivity index (χ1v) is 9.11. The van der Waals surface area contributed by atoms with Gasteiger partial charge in [0.1, 0.15) is 5.82 Å². The molecule has 0 spiro atoms. The van der Waals surface area contributed by atoms with Gasteiger partial charge in [-0.25, -0.2) is 4.98 Å². The fourth-order valence-corrected chi connectivity index (χ4v) is 3.14. The van der Waals surface area contributed by atoms with E-state index >= 15 is 0 Å². The van der Waals surface area contributed by atoms with E-state index in [4.69, 9.17) is 0 Å². The van der Waals surface area contributed by atoms with Crippen LogP contribution in [0.1, 0.15) is 28.4 Å². The summed E-state index contributed by atoms with van der Waals surface area (Å²) in [6, 6.07) is 7.51. The summed E-state index contributed by atoms with van der Waals surface area (Å²) in [5.41, 5.74) is 1.13. The van der Waals surface area contributed by atoms with Crippen LogP contribution in [0.3, 0.4) is 0 Å². The Morgan fingerprint density at radius 1 is 1.07 bits per heavy atom. The molecule has 1 aromatic heterocycles. The number of benzene rings is 1. The van der Waals surface area contributed by atoms with Gasteiger partial charge >= 0.3 is 6.18 Å². The average Bonchev–Trinajstić information content (AvgIpc) is 2.68. The topological polar surface area (TPSA) is 65.5 Å². The van der Waals surface area contributed by atoms with Crippen molar-refractivity contribution in [1.29, 1.82) is 0 Å². The fraction of sp³-hybridized carbons (Fsp3) is 0.350. The van der Waals surface area contributed by atoms with Gasteiger partial charge in [-0.1, -0.05) is 6.07 Å². The standard InChI is InChI=1S/C20H21F3N4O2/c1-13-3-4-15(11-17(13)25-14(2)28)19(29)27-9-7-26(8-10-27)18-6-5-16(12-24-18)20(21,22)23/h3-6,11-12H,7-10H2,1-2H3,(H,25,28). The molecule has 1 fully saturated rings. The van der Waals surface area contributed by atoms with Crippen LogP contribution < -0.4 is 10.2 Å². The summed E-state index contributed by atoms with van der Waals surface area (Å²) in [5.74, 6) is 0.0837. The SMILES string of the molecule is CC(=O)Nc1cc(C(=O)N2CCN(c3ccc(C(F)(F)F)cn3)CC2)ccc1C. The minimum atomic E-state index is -4.42. The molecule has 0 aliphatic carbocycles. The highest BCUT2D eigenvalue weighted by molar-refractivity contribution is 5.97. The van der Waals surface area contributed by atoms with Crippen molar-refractivity contribution in [2.24, 2.45) is 0 Å². The van der Waals surface area contributed by atoms with Crippen LogP contribution in [0.25, 0.3) is 0 Å². The van der Waals surface area contributed by atoms with Gasteiger partial charge < -0.3 is 15.1 Å². The number of carbonyl (C=O) groups is 2. The molecule has 0 unspecified atom stereocenters. The molecule has 1 aliphatic rings. The molecule has 6 nitrogen and oxygen atoms in total. The lowest BCUT2D eigenvalue weighted by Gasteiger charge is -2.35. The zero-order chi connectivity index (χ0) is 21.2. The molecule has 1 N–H and O–H groups in total. The first-order valence-electron chi connectivity index (χ1n) is 9.11. The third-order valence-electron chi connectivity index (χ3n) is 4.76. The number of aromatic nitrogens is 1. The maximum atomic E-state index is 12.8. The number of halogens is 3. The lowest BCUT2D eigenvalue weighted by atomic mass is 10.1. The third-order valence-corrected chi connectivity index (χ3v) is 4.76. The predicted molar refractivity (Wildman–Crippen MR) is 103 cm³/mol. The van der Waals surface area contributed by atoms with Gasteiger partial charge in [-0.3, -0.25) is 9.59 Å². The highest BCUT2D eigenvalue weighted by atomic mass is 19.4. The Kier molecular flexibility index (Phi) is 5.76. The minimum absolute atomic E-state index is 0.156. The largest absolute Gasteiger partial charge is 0.417 e. The summed E-state index contributed by atoms with van der Waals surface area (Å²) < 4.78 is 38.0. The molecule has 0 radical (unpaired) electrons. The van der Waals surface area contributed by atoms with Gasteiger partial charge in [0, 0.05) is 50.6 Å².